The molecule has 2 aromatic heterocycles. The Morgan fingerprint density at radius 1 is 1.25 bits per heavy atom. The van der Waals surface area contributed by atoms with Crippen LogP contribution in [0.1, 0.15) is 17.8 Å². The molecule has 0 spiro atoms. The number of imidazole rings is 1. The Hall–Kier alpha value is -3.74. The minimum Gasteiger partial charge on any atom is -0.507 e. The molecule has 140 valence electrons. The first-order valence-corrected chi connectivity index (χ1v) is 8.93. The van der Waals surface area contributed by atoms with Gasteiger partial charge in [-0.05, 0) is 29.8 Å². The van der Waals surface area contributed by atoms with Gasteiger partial charge in [0, 0.05) is 24.7 Å². The number of aryl methyl sites for hydroxylation is 2. The third-order valence-electron chi connectivity index (χ3n) is 4.63. The first-order chi connectivity index (χ1) is 13.6. The molecule has 0 bridgehead atoms. The summed E-state index contributed by atoms with van der Waals surface area (Å²) in [5.74, 6) is 0.733. The molecule has 2 N–H and O–H groups in total. The van der Waals surface area contributed by atoms with E-state index in [-0.39, 0.29) is 18.1 Å². The first kappa shape index (κ1) is 17.7. The molecule has 0 aliphatic rings. The van der Waals surface area contributed by atoms with E-state index in [1.54, 1.807) is 18.5 Å². The van der Waals surface area contributed by atoms with Crippen LogP contribution < -0.4 is 5.43 Å². The quantitative estimate of drug-likeness (QED) is 0.415. The van der Waals surface area contributed by atoms with Gasteiger partial charge in [-0.1, -0.05) is 30.3 Å². The third-order valence-corrected chi connectivity index (χ3v) is 4.63. The van der Waals surface area contributed by atoms with Gasteiger partial charge in [0.05, 0.1) is 17.9 Å². The molecule has 0 saturated carbocycles. The average molecular weight is 373 g/mol. The van der Waals surface area contributed by atoms with Crippen molar-refractivity contribution in [1.29, 1.82) is 0 Å². The molecule has 0 unspecified atom stereocenters. The van der Waals surface area contributed by atoms with E-state index in [2.05, 4.69) is 20.5 Å². The Kier molecular flexibility index (Phi) is 4.72. The number of nitrogens with zero attached hydrogens (tertiary/aromatic N) is 4. The van der Waals surface area contributed by atoms with E-state index in [0.717, 1.165) is 27.6 Å². The SMILES string of the molecule is Cc1nc2cnccc2n1CCC(=O)N/N=C/c1c(O)ccc2ccccc12. The number of hydrazone groups is 1. The Morgan fingerprint density at radius 3 is 3.00 bits per heavy atom. The largest absolute Gasteiger partial charge is 0.507 e. The van der Waals surface area contributed by atoms with Crippen LogP contribution >= 0.6 is 0 Å². The molecule has 0 atom stereocenters. The number of carbonyl (C=O) groups is 1. The van der Waals surface area contributed by atoms with Crippen LogP contribution in [0, 0.1) is 6.92 Å². The fourth-order valence-corrected chi connectivity index (χ4v) is 3.24. The lowest BCUT2D eigenvalue weighted by atomic mass is 10.0. The predicted molar refractivity (Wildman–Crippen MR) is 108 cm³/mol. The van der Waals surface area contributed by atoms with Crippen molar-refractivity contribution >= 4 is 33.9 Å². The lowest BCUT2D eigenvalue weighted by Gasteiger charge is -2.06. The van der Waals surface area contributed by atoms with Crippen molar-refractivity contribution < 1.29 is 9.90 Å². The molecular formula is C21H19N5O2. The van der Waals surface area contributed by atoms with Gasteiger partial charge >= 0.3 is 0 Å². The summed E-state index contributed by atoms with van der Waals surface area (Å²) in [6.07, 6.45) is 5.15. The van der Waals surface area contributed by atoms with Crippen LogP contribution in [-0.2, 0) is 11.3 Å². The second-order valence-corrected chi connectivity index (χ2v) is 6.44. The molecule has 7 nitrogen and oxygen atoms in total. The Labute approximate surface area is 161 Å². The molecule has 0 aliphatic heterocycles. The van der Waals surface area contributed by atoms with Gasteiger partial charge in [-0.2, -0.15) is 5.10 Å². The van der Waals surface area contributed by atoms with Gasteiger partial charge < -0.3 is 9.67 Å². The summed E-state index contributed by atoms with van der Waals surface area (Å²) >= 11 is 0. The monoisotopic (exact) mass is 373 g/mol. The lowest BCUT2D eigenvalue weighted by Crippen LogP contribution is -2.19. The van der Waals surface area contributed by atoms with E-state index in [9.17, 15) is 9.90 Å². The minimum atomic E-state index is -0.216. The minimum absolute atomic E-state index is 0.116. The standard InChI is InChI=1S/C21H19N5O2/c1-14-24-18-13-22-10-8-19(18)26(14)11-9-21(28)25-23-12-17-16-5-3-2-4-15(16)6-7-20(17)27/h2-8,10,12-13,27H,9,11H2,1H3,(H,25,28)/b23-12+. The molecule has 28 heavy (non-hydrogen) atoms. The average Bonchev–Trinajstić information content (AvgIpc) is 3.03. The van der Waals surface area contributed by atoms with E-state index in [0.29, 0.717) is 12.1 Å². The maximum Gasteiger partial charge on any atom is 0.241 e. The molecule has 0 fully saturated rings. The van der Waals surface area contributed by atoms with Crippen LogP contribution in [0.2, 0.25) is 0 Å². The number of fused-ring (bicyclic) bond motifs is 2. The number of aromatic nitrogens is 3. The van der Waals surface area contributed by atoms with Gasteiger partial charge in [0.2, 0.25) is 5.91 Å². The van der Waals surface area contributed by atoms with Gasteiger partial charge in [-0.25, -0.2) is 10.4 Å². The van der Waals surface area contributed by atoms with Crippen molar-refractivity contribution in [3.8, 4) is 5.75 Å². The summed E-state index contributed by atoms with van der Waals surface area (Å²) < 4.78 is 1.98. The predicted octanol–water partition coefficient (Wildman–Crippen LogP) is 3.14. The zero-order valence-electron chi connectivity index (χ0n) is 15.3. The van der Waals surface area contributed by atoms with Gasteiger partial charge in [-0.3, -0.25) is 9.78 Å². The second kappa shape index (κ2) is 7.48. The van der Waals surface area contributed by atoms with Crippen LogP contribution in [0.3, 0.4) is 0 Å². The molecule has 1 amide bonds. The molecule has 0 saturated heterocycles. The number of benzene rings is 2. The maximum atomic E-state index is 12.2. The summed E-state index contributed by atoms with van der Waals surface area (Å²) in [4.78, 5) is 20.7. The Bertz CT molecular complexity index is 1200. The summed E-state index contributed by atoms with van der Waals surface area (Å²) in [7, 11) is 0. The Balaban J connectivity index is 1.44. The van der Waals surface area contributed by atoms with Crippen molar-refractivity contribution in [1.82, 2.24) is 20.0 Å². The topological polar surface area (TPSA) is 92.4 Å². The number of hydrogen-bond acceptors (Lipinski definition) is 5. The van der Waals surface area contributed by atoms with Crippen molar-refractivity contribution in [3.63, 3.8) is 0 Å². The first-order valence-electron chi connectivity index (χ1n) is 8.93. The highest BCUT2D eigenvalue weighted by Crippen LogP contribution is 2.25. The van der Waals surface area contributed by atoms with Crippen LogP contribution in [0.4, 0.5) is 0 Å². The highest BCUT2D eigenvalue weighted by molar-refractivity contribution is 6.02. The Morgan fingerprint density at radius 2 is 2.11 bits per heavy atom. The number of pyridine rings is 1. The summed E-state index contributed by atoms with van der Waals surface area (Å²) in [5, 5.41) is 16.0. The van der Waals surface area contributed by atoms with Gasteiger partial charge in [0.15, 0.2) is 0 Å². The number of nitrogens with one attached hydrogen (secondary N) is 1. The van der Waals surface area contributed by atoms with Crippen LogP contribution in [0.25, 0.3) is 21.8 Å². The zero-order valence-corrected chi connectivity index (χ0v) is 15.3. The summed E-state index contributed by atoms with van der Waals surface area (Å²) in [6.45, 7) is 2.40. The molecule has 0 aliphatic carbocycles. The highest BCUT2D eigenvalue weighted by Gasteiger charge is 2.09. The zero-order chi connectivity index (χ0) is 19.5. The van der Waals surface area contributed by atoms with Crippen molar-refractivity contribution in [3.05, 3.63) is 66.2 Å². The van der Waals surface area contributed by atoms with E-state index in [4.69, 9.17) is 0 Å². The van der Waals surface area contributed by atoms with E-state index in [1.807, 2.05) is 47.9 Å². The van der Waals surface area contributed by atoms with Gasteiger partial charge in [0.25, 0.3) is 0 Å². The summed E-state index contributed by atoms with van der Waals surface area (Å²) in [6, 6.07) is 13.0. The fraction of sp³-hybridized carbons (Fsp3) is 0.143. The smallest absolute Gasteiger partial charge is 0.241 e. The normalized spacial score (nSPS) is 11.5. The van der Waals surface area contributed by atoms with Crippen LogP contribution in [0.15, 0.2) is 60.0 Å². The number of phenolic OH excluding ortho intramolecular Hbond substituents is 1. The van der Waals surface area contributed by atoms with E-state index >= 15 is 0 Å². The molecule has 0 radical (unpaired) electrons. The van der Waals surface area contributed by atoms with Crippen molar-refractivity contribution in [2.24, 2.45) is 5.10 Å². The number of phenols is 1. The molecule has 2 aromatic carbocycles. The van der Waals surface area contributed by atoms with Crippen LogP contribution in [0.5, 0.6) is 5.75 Å². The van der Waals surface area contributed by atoms with Crippen molar-refractivity contribution in [2.75, 3.05) is 0 Å². The van der Waals surface area contributed by atoms with E-state index < -0.39 is 0 Å². The molecule has 2 heterocycles. The molecule has 7 heteroatoms. The van der Waals surface area contributed by atoms with Crippen molar-refractivity contribution in [2.45, 2.75) is 19.9 Å². The molecular weight excluding hydrogens is 354 g/mol. The maximum absolute atomic E-state index is 12.2. The van der Waals surface area contributed by atoms with Gasteiger partial charge in [-0.15, -0.1) is 0 Å². The van der Waals surface area contributed by atoms with Crippen LogP contribution in [-0.4, -0.2) is 31.8 Å². The van der Waals surface area contributed by atoms with Gasteiger partial charge in [0.1, 0.15) is 17.1 Å². The molecule has 4 aromatic rings. The highest BCUT2D eigenvalue weighted by atomic mass is 16.3. The van der Waals surface area contributed by atoms with E-state index in [1.165, 1.54) is 6.21 Å². The lowest BCUT2D eigenvalue weighted by molar-refractivity contribution is -0.121. The number of rotatable bonds is 5. The second-order valence-electron chi connectivity index (χ2n) is 6.44. The third kappa shape index (κ3) is 3.42. The number of aromatic hydroxyl groups is 1. The molecule has 4 rings (SSSR count). The fourth-order valence-electron chi connectivity index (χ4n) is 3.24. The number of amides is 1. The summed E-state index contributed by atoms with van der Waals surface area (Å²) in [5.41, 5.74) is 4.86. The number of carbonyl (C=O) groups excluding carboxylic acids is 1. The number of hydrogen-bond donors (Lipinski definition) is 2.